The number of rotatable bonds is 0. The van der Waals surface area contributed by atoms with Crippen LogP contribution in [0.5, 0.6) is 0 Å². The zero-order valence-corrected chi connectivity index (χ0v) is 28.5. The highest BCUT2D eigenvalue weighted by Gasteiger charge is 2.02. The van der Waals surface area contributed by atoms with E-state index in [2.05, 4.69) is 84.5 Å². The molecule has 6 aromatic heterocycles. The molecule has 0 bridgehead atoms. The fraction of sp³-hybridized carbons (Fsp3) is 0.143. The van der Waals surface area contributed by atoms with Crippen molar-refractivity contribution in [2.75, 3.05) is 0 Å². The summed E-state index contributed by atoms with van der Waals surface area (Å²) in [4.78, 5) is 26.0. The summed E-state index contributed by atoms with van der Waals surface area (Å²) in [6.07, 6.45) is 10.8. The summed E-state index contributed by atoms with van der Waals surface area (Å²) < 4.78 is 0. The van der Waals surface area contributed by atoms with Gasteiger partial charge in [0.15, 0.2) is 0 Å². The maximum Gasteiger partial charge on any atom is 0.0964 e. The molecular weight excluding hydrogens is 589 g/mol. The highest BCUT2D eigenvalue weighted by atomic mass is 14.7. The van der Waals surface area contributed by atoms with Crippen LogP contribution >= 0.6 is 0 Å². The molecule has 6 nitrogen and oxygen atoms in total. The second kappa shape index (κ2) is 18.3. The Morgan fingerprint density at radius 2 is 0.562 bits per heavy atom. The molecule has 6 heteroatoms. The summed E-state index contributed by atoms with van der Waals surface area (Å²) in [5.74, 6) is 0. The maximum atomic E-state index is 4.37. The Labute approximate surface area is 282 Å². The van der Waals surface area contributed by atoms with Gasteiger partial charge in [-0.2, -0.15) is 0 Å². The van der Waals surface area contributed by atoms with Crippen LogP contribution in [0.2, 0.25) is 0 Å². The van der Waals surface area contributed by atoms with Gasteiger partial charge in [-0.05, 0) is 60.7 Å². The van der Waals surface area contributed by atoms with Crippen LogP contribution in [0.25, 0.3) is 65.4 Å². The molecule has 9 aromatic rings. The van der Waals surface area contributed by atoms with Crippen molar-refractivity contribution in [1.29, 1.82) is 0 Å². The minimum absolute atomic E-state index is 0.977. The molecule has 0 amide bonds. The van der Waals surface area contributed by atoms with Gasteiger partial charge >= 0.3 is 0 Å². The zero-order chi connectivity index (χ0) is 34.1. The summed E-state index contributed by atoms with van der Waals surface area (Å²) in [6.45, 7) is 12.0. The van der Waals surface area contributed by atoms with Gasteiger partial charge in [-0.3, -0.25) is 29.9 Å². The Morgan fingerprint density at radius 3 is 1.02 bits per heavy atom. The van der Waals surface area contributed by atoms with E-state index in [1.165, 1.54) is 0 Å². The zero-order valence-electron chi connectivity index (χ0n) is 28.5. The molecular formula is C42H42N6. The van der Waals surface area contributed by atoms with Crippen LogP contribution < -0.4 is 0 Å². The van der Waals surface area contributed by atoms with Crippen LogP contribution in [0.3, 0.4) is 0 Å². The van der Waals surface area contributed by atoms with Crippen LogP contribution in [0.15, 0.2) is 146 Å². The van der Waals surface area contributed by atoms with E-state index in [0.29, 0.717) is 0 Å². The molecule has 3 aromatic carbocycles. The van der Waals surface area contributed by atoms with E-state index < -0.39 is 0 Å². The molecule has 48 heavy (non-hydrogen) atoms. The number of pyridine rings is 6. The van der Waals surface area contributed by atoms with Gasteiger partial charge in [0.1, 0.15) is 0 Å². The van der Waals surface area contributed by atoms with Crippen molar-refractivity contribution in [3.63, 3.8) is 0 Å². The summed E-state index contributed by atoms with van der Waals surface area (Å²) >= 11 is 0. The van der Waals surface area contributed by atoms with Gasteiger partial charge in [0.25, 0.3) is 0 Å². The first-order valence-corrected chi connectivity index (χ1v) is 16.6. The standard InChI is InChI=1S/3C12H8N2.3C2H6/c1-3-9-5-6-11-10(4-2-7-13-11)12(9)14-8-1;1-3-9-10-4-2-8-14-12(10)6-5-11(9)13-7-1;1-3-9-5-6-10-4-2-8-14-12(10)11(9)13-7-1;3*1-2/h3*1-8H;3*1-2H3. The van der Waals surface area contributed by atoms with Gasteiger partial charge in [-0.15, -0.1) is 0 Å². The molecule has 0 atom stereocenters. The van der Waals surface area contributed by atoms with Crippen molar-refractivity contribution < 1.29 is 0 Å². The Bertz CT molecular complexity index is 1910. The lowest BCUT2D eigenvalue weighted by Gasteiger charge is -2.00. The fourth-order valence-electron chi connectivity index (χ4n) is 5.09. The van der Waals surface area contributed by atoms with Crippen LogP contribution in [-0.4, -0.2) is 29.9 Å². The largest absolute Gasteiger partial charge is 0.256 e. The van der Waals surface area contributed by atoms with Gasteiger partial charge in [-0.1, -0.05) is 90.1 Å². The van der Waals surface area contributed by atoms with Crippen molar-refractivity contribution in [2.45, 2.75) is 41.5 Å². The molecule has 0 unspecified atom stereocenters. The van der Waals surface area contributed by atoms with E-state index in [1.807, 2.05) is 115 Å². The average molecular weight is 631 g/mol. The molecule has 0 saturated heterocycles. The third kappa shape index (κ3) is 8.09. The minimum Gasteiger partial charge on any atom is -0.256 e. The molecule has 0 aliphatic carbocycles. The minimum atomic E-state index is 0.977. The second-order valence-corrected chi connectivity index (χ2v) is 9.63. The van der Waals surface area contributed by atoms with E-state index in [1.54, 1.807) is 18.6 Å². The molecule has 0 aliphatic heterocycles. The van der Waals surface area contributed by atoms with Crippen LogP contribution in [0, 0.1) is 0 Å². The Hall–Kier alpha value is -5.88. The third-order valence-electron chi connectivity index (χ3n) is 7.06. The molecule has 0 fully saturated rings. The molecule has 240 valence electrons. The molecule has 6 heterocycles. The number of benzene rings is 3. The number of fused-ring (bicyclic) bond motifs is 9. The normalized spacial score (nSPS) is 9.88. The smallest absolute Gasteiger partial charge is 0.0964 e. The number of hydrogen-bond donors (Lipinski definition) is 0. The van der Waals surface area contributed by atoms with Crippen molar-refractivity contribution in [3.05, 3.63) is 146 Å². The van der Waals surface area contributed by atoms with Gasteiger partial charge in [0, 0.05) is 69.5 Å². The van der Waals surface area contributed by atoms with E-state index in [4.69, 9.17) is 0 Å². The highest BCUT2D eigenvalue weighted by Crippen LogP contribution is 2.23. The lowest BCUT2D eigenvalue weighted by molar-refractivity contribution is 1.37. The van der Waals surface area contributed by atoms with Crippen LogP contribution in [-0.2, 0) is 0 Å². The Kier molecular flexibility index (Phi) is 13.3. The third-order valence-corrected chi connectivity index (χ3v) is 7.06. The van der Waals surface area contributed by atoms with E-state index in [0.717, 1.165) is 65.4 Å². The van der Waals surface area contributed by atoms with Crippen molar-refractivity contribution in [2.24, 2.45) is 0 Å². The summed E-state index contributed by atoms with van der Waals surface area (Å²) in [5.41, 5.74) is 6.02. The number of aromatic nitrogens is 6. The lowest BCUT2D eigenvalue weighted by Crippen LogP contribution is -1.83. The summed E-state index contributed by atoms with van der Waals surface area (Å²) in [7, 11) is 0. The van der Waals surface area contributed by atoms with Gasteiger partial charge in [0.2, 0.25) is 0 Å². The highest BCUT2D eigenvalue weighted by molar-refractivity contribution is 6.05. The monoisotopic (exact) mass is 630 g/mol. The number of hydrogen-bond acceptors (Lipinski definition) is 6. The van der Waals surface area contributed by atoms with Gasteiger partial charge in [-0.25, -0.2) is 0 Å². The SMILES string of the molecule is CC.CC.CC.c1cnc2c(c1)ccc1cccnc12.c1cnc2c(c1)ccc1ncccc12.c1cnc2ccc3ncccc3c2c1. The molecule has 0 saturated carbocycles. The van der Waals surface area contributed by atoms with E-state index >= 15 is 0 Å². The van der Waals surface area contributed by atoms with Gasteiger partial charge in [0.05, 0.1) is 33.1 Å². The molecule has 9 rings (SSSR count). The average Bonchev–Trinajstić information content (AvgIpc) is 3.20. The summed E-state index contributed by atoms with van der Waals surface area (Å²) in [5, 5.41) is 6.88. The topological polar surface area (TPSA) is 77.3 Å². The number of nitrogens with zero attached hydrogens (tertiary/aromatic N) is 6. The molecule has 0 spiro atoms. The van der Waals surface area contributed by atoms with Crippen molar-refractivity contribution in [1.82, 2.24) is 29.9 Å². The van der Waals surface area contributed by atoms with Crippen LogP contribution in [0.1, 0.15) is 41.5 Å². The van der Waals surface area contributed by atoms with E-state index in [9.17, 15) is 0 Å². The fourth-order valence-corrected chi connectivity index (χ4v) is 5.09. The van der Waals surface area contributed by atoms with Crippen molar-refractivity contribution >= 4 is 65.4 Å². The maximum absolute atomic E-state index is 4.37. The first-order chi connectivity index (χ1) is 23.8. The molecule has 0 N–H and O–H groups in total. The Balaban J connectivity index is 0.000000151. The lowest BCUT2D eigenvalue weighted by atomic mass is 10.1. The van der Waals surface area contributed by atoms with E-state index in [-0.39, 0.29) is 0 Å². The first kappa shape index (κ1) is 35.0. The predicted octanol–water partition coefficient (Wildman–Crippen LogP) is 11.4. The first-order valence-electron chi connectivity index (χ1n) is 16.6. The predicted molar refractivity (Wildman–Crippen MR) is 205 cm³/mol. The molecule has 0 radical (unpaired) electrons. The summed E-state index contributed by atoms with van der Waals surface area (Å²) in [6, 6.07) is 36.3. The van der Waals surface area contributed by atoms with Crippen molar-refractivity contribution in [3.8, 4) is 0 Å². The quantitative estimate of drug-likeness (QED) is 0.155. The Morgan fingerprint density at radius 1 is 0.271 bits per heavy atom. The van der Waals surface area contributed by atoms with Gasteiger partial charge < -0.3 is 0 Å². The molecule has 0 aliphatic rings. The van der Waals surface area contributed by atoms with Crippen LogP contribution in [0.4, 0.5) is 0 Å². The second-order valence-electron chi connectivity index (χ2n) is 9.63.